The maximum absolute atomic E-state index is 6.16. The quantitative estimate of drug-likeness (QED) is 0.859. The molecule has 1 heterocycles. The van der Waals surface area contributed by atoms with E-state index in [0.717, 1.165) is 23.1 Å². The van der Waals surface area contributed by atoms with Crippen molar-refractivity contribution in [2.24, 2.45) is 5.92 Å². The Labute approximate surface area is 115 Å². The molecule has 1 aliphatic carbocycles. The van der Waals surface area contributed by atoms with Crippen LogP contribution in [0.1, 0.15) is 32.4 Å². The van der Waals surface area contributed by atoms with Gasteiger partial charge in [0.15, 0.2) is 0 Å². The minimum atomic E-state index is 0.649. The summed E-state index contributed by atoms with van der Waals surface area (Å²) < 4.78 is 0. The summed E-state index contributed by atoms with van der Waals surface area (Å²) in [5.41, 5.74) is 0.936. The van der Waals surface area contributed by atoms with Crippen LogP contribution in [0.3, 0.4) is 0 Å². The molecule has 1 fully saturated rings. The lowest BCUT2D eigenvalue weighted by atomic mass is 10.2. The van der Waals surface area contributed by atoms with Crippen LogP contribution in [0.5, 0.6) is 0 Å². The third-order valence-corrected chi connectivity index (χ3v) is 3.44. The van der Waals surface area contributed by atoms with Crippen LogP contribution < -0.4 is 10.2 Å². The highest BCUT2D eigenvalue weighted by molar-refractivity contribution is 6.31. The van der Waals surface area contributed by atoms with E-state index < -0.39 is 0 Å². The molecule has 3 nitrogen and oxygen atoms in total. The summed E-state index contributed by atoms with van der Waals surface area (Å²) in [4.78, 5) is 7.14. The second-order valence-electron chi connectivity index (χ2n) is 5.41. The van der Waals surface area contributed by atoms with Gasteiger partial charge >= 0.3 is 0 Å². The number of nitrogens with one attached hydrogen (secondary N) is 1. The summed E-state index contributed by atoms with van der Waals surface area (Å²) in [5.74, 6) is 1.72. The minimum absolute atomic E-state index is 0.649. The van der Waals surface area contributed by atoms with Crippen molar-refractivity contribution >= 4 is 17.4 Å². The van der Waals surface area contributed by atoms with Gasteiger partial charge in [0.1, 0.15) is 5.82 Å². The lowest BCUT2D eigenvalue weighted by Crippen LogP contribution is -2.31. The molecule has 0 radical (unpaired) electrons. The topological polar surface area (TPSA) is 28.2 Å². The van der Waals surface area contributed by atoms with Gasteiger partial charge in [0.2, 0.25) is 0 Å². The van der Waals surface area contributed by atoms with Gasteiger partial charge in [-0.25, -0.2) is 4.98 Å². The average Bonchev–Trinajstić information content (AvgIpc) is 3.13. The summed E-state index contributed by atoms with van der Waals surface area (Å²) in [5, 5.41) is 3.86. The highest BCUT2D eigenvalue weighted by Gasteiger charge is 2.30. The van der Waals surface area contributed by atoms with Gasteiger partial charge in [-0.3, -0.25) is 0 Å². The predicted octanol–water partition coefficient (Wildman–Crippen LogP) is 3.08. The molecule has 1 saturated carbocycles. The monoisotopic (exact) mass is 267 g/mol. The van der Waals surface area contributed by atoms with E-state index in [1.165, 1.54) is 12.8 Å². The molecule has 18 heavy (non-hydrogen) atoms. The number of hydrogen-bond donors (Lipinski definition) is 1. The lowest BCUT2D eigenvalue weighted by molar-refractivity contribution is 0.601. The Kier molecular flexibility index (Phi) is 4.46. The first-order valence-corrected chi connectivity index (χ1v) is 7.06. The first kappa shape index (κ1) is 13.6. The molecule has 0 unspecified atom stereocenters. The first-order chi connectivity index (χ1) is 8.61. The summed E-state index contributed by atoms with van der Waals surface area (Å²) in [6.45, 7) is 6.28. The van der Waals surface area contributed by atoms with Gasteiger partial charge in [-0.05, 0) is 37.9 Å². The van der Waals surface area contributed by atoms with Crippen molar-refractivity contribution in [1.29, 1.82) is 0 Å². The zero-order valence-electron chi connectivity index (χ0n) is 11.4. The highest BCUT2D eigenvalue weighted by Crippen LogP contribution is 2.32. The van der Waals surface area contributed by atoms with Crippen LogP contribution in [0.25, 0.3) is 0 Å². The summed E-state index contributed by atoms with van der Waals surface area (Å²) in [6, 6.07) is 4.69. The van der Waals surface area contributed by atoms with E-state index in [1.807, 2.05) is 19.2 Å². The van der Waals surface area contributed by atoms with Crippen LogP contribution >= 0.6 is 11.6 Å². The second-order valence-corrected chi connectivity index (χ2v) is 5.81. The van der Waals surface area contributed by atoms with Gasteiger partial charge in [0, 0.05) is 19.1 Å². The van der Waals surface area contributed by atoms with Crippen molar-refractivity contribution in [2.75, 3.05) is 18.5 Å². The molecule has 0 atom stereocenters. The normalized spacial score (nSPS) is 15.2. The van der Waals surface area contributed by atoms with Gasteiger partial charge in [-0.1, -0.05) is 25.4 Å². The van der Waals surface area contributed by atoms with E-state index in [9.17, 15) is 0 Å². The fourth-order valence-electron chi connectivity index (χ4n) is 2.13. The maximum atomic E-state index is 6.16. The molecule has 0 aliphatic heterocycles. The Hall–Kier alpha value is -0.800. The molecular weight excluding hydrogens is 246 g/mol. The number of nitrogens with zero attached hydrogens (tertiary/aromatic N) is 2. The molecule has 1 N–H and O–H groups in total. The summed E-state index contributed by atoms with van der Waals surface area (Å²) in [7, 11) is 1.91. The number of rotatable bonds is 6. The largest absolute Gasteiger partial charge is 0.353 e. The van der Waals surface area contributed by atoms with Gasteiger partial charge in [-0.2, -0.15) is 0 Å². The number of aromatic nitrogens is 1. The standard InChI is InChI=1S/C14H22ClN3/c1-10(2)9-18(11-4-5-11)14-7-6-12(15)13(17-14)8-16-3/h6-7,10-11,16H,4-5,8-9H2,1-3H3. The summed E-state index contributed by atoms with van der Waals surface area (Å²) in [6.07, 6.45) is 2.58. The van der Waals surface area contributed by atoms with Gasteiger partial charge in [0.25, 0.3) is 0 Å². The van der Waals surface area contributed by atoms with Crippen LogP contribution in [-0.2, 0) is 6.54 Å². The zero-order chi connectivity index (χ0) is 13.1. The van der Waals surface area contributed by atoms with E-state index in [4.69, 9.17) is 16.6 Å². The van der Waals surface area contributed by atoms with Gasteiger partial charge in [-0.15, -0.1) is 0 Å². The van der Waals surface area contributed by atoms with Crippen LogP contribution in [-0.4, -0.2) is 24.6 Å². The fourth-order valence-corrected chi connectivity index (χ4v) is 2.31. The van der Waals surface area contributed by atoms with E-state index in [0.29, 0.717) is 18.5 Å². The molecule has 1 aromatic rings. The molecule has 4 heteroatoms. The first-order valence-electron chi connectivity index (χ1n) is 6.68. The van der Waals surface area contributed by atoms with Crippen molar-refractivity contribution in [3.8, 4) is 0 Å². The molecular formula is C14H22ClN3. The molecule has 1 aliphatic rings. The number of pyridine rings is 1. The summed E-state index contributed by atoms with van der Waals surface area (Å²) >= 11 is 6.16. The average molecular weight is 268 g/mol. The van der Waals surface area contributed by atoms with Crippen molar-refractivity contribution in [3.05, 3.63) is 22.8 Å². The van der Waals surface area contributed by atoms with E-state index in [2.05, 4.69) is 24.1 Å². The number of anilines is 1. The molecule has 2 rings (SSSR count). The maximum Gasteiger partial charge on any atom is 0.129 e. The van der Waals surface area contributed by atoms with E-state index in [1.54, 1.807) is 0 Å². The zero-order valence-corrected chi connectivity index (χ0v) is 12.2. The molecule has 0 spiro atoms. The van der Waals surface area contributed by atoms with E-state index >= 15 is 0 Å². The lowest BCUT2D eigenvalue weighted by Gasteiger charge is -2.26. The second kappa shape index (κ2) is 5.89. The molecule has 0 saturated heterocycles. The van der Waals surface area contributed by atoms with Crippen molar-refractivity contribution < 1.29 is 0 Å². The smallest absolute Gasteiger partial charge is 0.129 e. The van der Waals surface area contributed by atoms with E-state index in [-0.39, 0.29) is 0 Å². The van der Waals surface area contributed by atoms with Gasteiger partial charge < -0.3 is 10.2 Å². The Bertz CT molecular complexity index is 402. The van der Waals surface area contributed by atoms with Crippen LogP contribution in [0.15, 0.2) is 12.1 Å². The van der Waals surface area contributed by atoms with Crippen molar-refractivity contribution in [1.82, 2.24) is 10.3 Å². The van der Waals surface area contributed by atoms with Crippen LogP contribution in [0.4, 0.5) is 5.82 Å². The van der Waals surface area contributed by atoms with Crippen molar-refractivity contribution in [3.63, 3.8) is 0 Å². The Balaban J connectivity index is 2.21. The molecule has 1 aromatic heterocycles. The predicted molar refractivity (Wildman–Crippen MR) is 77.2 cm³/mol. The molecule has 0 amide bonds. The molecule has 100 valence electrons. The molecule has 0 aromatic carbocycles. The Morgan fingerprint density at radius 3 is 2.72 bits per heavy atom. The minimum Gasteiger partial charge on any atom is -0.353 e. The Morgan fingerprint density at radius 1 is 1.44 bits per heavy atom. The SMILES string of the molecule is CNCc1nc(N(CC(C)C)C2CC2)ccc1Cl. The third kappa shape index (κ3) is 3.36. The fraction of sp³-hybridized carbons (Fsp3) is 0.643. The Morgan fingerprint density at radius 2 is 2.17 bits per heavy atom. The number of hydrogen-bond acceptors (Lipinski definition) is 3. The highest BCUT2D eigenvalue weighted by atomic mass is 35.5. The molecule has 0 bridgehead atoms. The number of halogens is 1. The van der Waals surface area contributed by atoms with Crippen LogP contribution in [0, 0.1) is 5.92 Å². The van der Waals surface area contributed by atoms with Gasteiger partial charge in [0.05, 0.1) is 10.7 Å². The van der Waals surface area contributed by atoms with Crippen molar-refractivity contribution in [2.45, 2.75) is 39.3 Å². The third-order valence-electron chi connectivity index (χ3n) is 3.09. The van der Waals surface area contributed by atoms with Crippen LogP contribution in [0.2, 0.25) is 5.02 Å².